The normalized spacial score (nSPS) is 11.8. The zero-order valence-electron chi connectivity index (χ0n) is 12.6. The van der Waals surface area contributed by atoms with Gasteiger partial charge in [0.1, 0.15) is 5.76 Å². The summed E-state index contributed by atoms with van der Waals surface area (Å²) < 4.78 is 15.8. The third-order valence-electron chi connectivity index (χ3n) is 3.22. The summed E-state index contributed by atoms with van der Waals surface area (Å²) in [5.41, 5.74) is 0.921. The molecule has 1 N–H and O–H groups in total. The Balaban J connectivity index is 2.13. The van der Waals surface area contributed by atoms with Crippen molar-refractivity contribution >= 4 is 5.91 Å². The van der Waals surface area contributed by atoms with Crippen molar-refractivity contribution in [1.29, 1.82) is 0 Å². The van der Waals surface area contributed by atoms with Gasteiger partial charge in [-0.25, -0.2) is 0 Å². The van der Waals surface area contributed by atoms with Crippen molar-refractivity contribution in [3.05, 3.63) is 47.4 Å². The minimum absolute atomic E-state index is 0.178. The number of rotatable bonds is 5. The second kappa shape index (κ2) is 6.35. The highest BCUT2D eigenvalue weighted by Crippen LogP contribution is 2.29. The van der Waals surface area contributed by atoms with E-state index in [4.69, 9.17) is 13.9 Å². The minimum atomic E-state index is -0.245. The summed E-state index contributed by atoms with van der Waals surface area (Å²) in [6.07, 6.45) is 0. The van der Waals surface area contributed by atoms with Crippen LogP contribution in [0.25, 0.3) is 0 Å². The molecule has 2 aromatic rings. The monoisotopic (exact) mass is 289 g/mol. The largest absolute Gasteiger partial charge is 0.493 e. The molecule has 1 amide bonds. The van der Waals surface area contributed by atoms with E-state index >= 15 is 0 Å². The standard InChI is InChI=1S/C16H19NO4/c1-10-5-7-14(21-10)16(18)17-11(2)12-6-8-13(19-3)15(9-12)20-4/h5-9,11H,1-4H3,(H,17,18)/t11-/m0/s1. The van der Waals surface area contributed by atoms with Gasteiger partial charge in [-0.05, 0) is 43.7 Å². The van der Waals surface area contributed by atoms with Gasteiger partial charge in [0.15, 0.2) is 17.3 Å². The van der Waals surface area contributed by atoms with Crippen LogP contribution in [-0.4, -0.2) is 20.1 Å². The zero-order chi connectivity index (χ0) is 15.4. The van der Waals surface area contributed by atoms with E-state index in [0.717, 1.165) is 5.56 Å². The third kappa shape index (κ3) is 3.37. The lowest BCUT2D eigenvalue weighted by atomic mass is 10.1. The van der Waals surface area contributed by atoms with Crippen molar-refractivity contribution in [3.63, 3.8) is 0 Å². The number of methoxy groups -OCH3 is 2. The Bertz CT molecular complexity index is 633. The molecule has 0 spiro atoms. The average molecular weight is 289 g/mol. The van der Waals surface area contributed by atoms with E-state index in [1.807, 2.05) is 25.1 Å². The van der Waals surface area contributed by atoms with E-state index < -0.39 is 0 Å². The second-order valence-electron chi connectivity index (χ2n) is 4.72. The molecule has 0 saturated carbocycles. The first-order chi connectivity index (χ1) is 10.0. The number of amides is 1. The molecule has 0 fully saturated rings. The van der Waals surface area contributed by atoms with Gasteiger partial charge in [-0.2, -0.15) is 0 Å². The van der Waals surface area contributed by atoms with Crippen LogP contribution in [0.15, 0.2) is 34.7 Å². The molecule has 0 aliphatic heterocycles. The number of ether oxygens (including phenoxy) is 2. The molecule has 112 valence electrons. The molecule has 2 rings (SSSR count). The van der Waals surface area contributed by atoms with Crippen LogP contribution in [0.3, 0.4) is 0 Å². The van der Waals surface area contributed by atoms with Gasteiger partial charge < -0.3 is 19.2 Å². The first-order valence-corrected chi connectivity index (χ1v) is 6.64. The fourth-order valence-electron chi connectivity index (χ4n) is 2.03. The maximum absolute atomic E-state index is 12.1. The fraction of sp³-hybridized carbons (Fsp3) is 0.312. The van der Waals surface area contributed by atoms with E-state index in [9.17, 15) is 4.79 Å². The summed E-state index contributed by atoms with van der Waals surface area (Å²) in [4.78, 5) is 12.1. The van der Waals surface area contributed by atoms with Crippen LogP contribution in [0.4, 0.5) is 0 Å². The van der Waals surface area contributed by atoms with E-state index in [2.05, 4.69) is 5.32 Å². The van der Waals surface area contributed by atoms with Gasteiger partial charge in [0, 0.05) is 0 Å². The van der Waals surface area contributed by atoms with Crippen molar-refractivity contribution in [2.75, 3.05) is 14.2 Å². The molecular formula is C16H19NO4. The topological polar surface area (TPSA) is 60.7 Å². The first kappa shape index (κ1) is 15.0. The number of hydrogen-bond acceptors (Lipinski definition) is 4. The molecule has 1 aromatic heterocycles. The average Bonchev–Trinajstić information content (AvgIpc) is 2.93. The summed E-state index contributed by atoms with van der Waals surface area (Å²) in [5, 5.41) is 2.89. The molecule has 1 aromatic carbocycles. The lowest BCUT2D eigenvalue weighted by Crippen LogP contribution is -2.26. The van der Waals surface area contributed by atoms with Gasteiger partial charge in [-0.3, -0.25) is 4.79 Å². The Labute approximate surface area is 123 Å². The third-order valence-corrected chi connectivity index (χ3v) is 3.22. The molecule has 0 saturated heterocycles. The number of hydrogen-bond donors (Lipinski definition) is 1. The molecular weight excluding hydrogens is 270 g/mol. The number of benzene rings is 1. The predicted molar refractivity (Wildman–Crippen MR) is 78.9 cm³/mol. The van der Waals surface area contributed by atoms with Crippen molar-refractivity contribution in [2.24, 2.45) is 0 Å². The summed E-state index contributed by atoms with van der Waals surface area (Å²) in [6.45, 7) is 3.70. The number of nitrogens with one attached hydrogen (secondary N) is 1. The Kier molecular flexibility index (Phi) is 4.52. The summed E-state index contributed by atoms with van der Waals surface area (Å²) in [5.74, 6) is 2.05. The molecule has 1 atom stereocenters. The molecule has 0 unspecified atom stereocenters. The molecule has 0 aliphatic rings. The van der Waals surface area contributed by atoms with E-state index in [1.165, 1.54) is 0 Å². The van der Waals surface area contributed by atoms with Gasteiger partial charge >= 0.3 is 0 Å². The van der Waals surface area contributed by atoms with Crippen LogP contribution in [0.1, 0.15) is 34.8 Å². The molecule has 21 heavy (non-hydrogen) atoms. The van der Waals surface area contributed by atoms with Gasteiger partial charge in [0.2, 0.25) is 0 Å². The van der Waals surface area contributed by atoms with E-state index in [0.29, 0.717) is 23.0 Å². The highest BCUT2D eigenvalue weighted by atomic mass is 16.5. The van der Waals surface area contributed by atoms with Crippen LogP contribution in [0.2, 0.25) is 0 Å². The van der Waals surface area contributed by atoms with Gasteiger partial charge in [-0.15, -0.1) is 0 Å². The molecule has 0 aliphatic carbocycles. The lowest BCUT2D eigenvalue weighted by molar-refractivity contribution is 0.0910. The first-order valence-electron chi connectivity index (χ1n) is 6.64. The summed E-state index contributed by atoms with van der Waals surface area (Å²) >= 11 is 0. The maximum atomic E-state index is 12.1. The summed E-state index contributed by atoms with van der Waals surface area (Å²) in [6, 6.07) is 8.79. The Hall–Kier alpha value is -2.43. The maximum Gasteiger partial charge on any atom is 0.287 e. The van der Waals surface area contributed by atoms with Crippen LogP contribution in [0.5, 0.6) is 11.5 Å². The Morgan fingerprint density at radius 2 is 1.86 bits per heavy atom. The number of furan rings is 1. The van der Waals surface area contributed by atoms with Crippen molar-refractivity contribution in [3.8, 4) is 11.5 Å². The highest BCUT2D eigenvalue weighted by molar-refractivity contribution is 5.91. The van der Waals surface area contributed by atoms with Crippen LogP contribution >= 0.6 is 0 Å². The van der Waals surface area contributed by atoms with Crippen LogP contribution in [-0.2, 0) is 0 Å². The van der Waals surface area contributed by atoms with Crippen LogP contribution in [0, 0.1) is 6.92 Å². The number of aryl methyl sites for hydroxylation is 1. The zero-order valence-corrected chi connectivity index (χ0v) is 12.6. The van der Waals surface area contributed by atoms with Crippen molar-refractivity contribution in [2.45, 2.75) is 19.9 Å². The lowest BCUT2D eigenvalue weighted by Gasteiger charge is -2.16. The van der Waals surface area contributed by atoms with Gasteiger partial charge in [0.05, 0.1) is 20.3 Å². The number of carbonyl (C=O) groups excluding carboxylic acids is 1. The van der Waals surface area contributed by atoms with Crippen molar-refractivity contribution < 1.29 is 18.7 Å². The van der Waals surface area contributed by atoms with Crippen LogP contribution < -0.4 is 14.8 Å². The smallest absolute Gasteiger partial charge is 0.287 e. The molecule has 1 heterocycles. The summed E-state index contributed by atoms with van der Waals surface area (Å²) in [7, 11) is 3.17. The van der Waals surface area contributed by atoms with Crippen molar-refractivity contribution in [1.82, 2.24) is 5.32 Å². The fourth-order valence-corrected chi connectivity index (χ4v) is 2.03. The Morgan fingerprint density at radius 3 is 2.43 bits per heavy atom. The highest BCUT2D eigenvalue weighted by Gasteiger charge is 2.15. The molecule has 0 radical (unpaired) electrons. The van der Waals surface area contributed by atoms with E-state index in [-0.39, 0.29) is 11.9 Å². The molecule has 5 nitrogen and oxygen atoms in total. The molecule has 5 heteroatoms. The van der Waals surface area contributed by atoms with Gasteiger partial charge in [-0.1, -0.05) is 6.07 Å². The van der Waals surface area contributed by atoms with E-state index in [1.54, 1.807) is 33.3 Å². The quantitative estimate of drug-likeness (QED) is 0.918. The second-order valence-corrected chi connectivity index (χ2v) is 4.72. The van der Waals surface area contributed by atoms with Gasteiger partial charge in [0.25, 0.3) is 5.91 Å². The SMILES string of the molecule is COc1ccc([C@H](C)NC(=O)c2ccc(C)o2)cc1OC. The number of carbonyl (C=O) groups is 1. The Morgan fingerprint density at radius 1 is 1.14 bits per heavy atom. The predicted octanol–water partition coefficient (Wildman–Crippen LogP) is 3.10. The minimum Gasteiger partial charge on any atom is -0.493 e. The molecule has 0 bridgehead atoms.